The van der Waals surface area contributed by atoms with Crippen molar-refractivity contribution in [2.75, 3.05) is 7.11 Å². The van der Waals surface area contributed by atoms with E-state index in [1.165, 1.54) is 0 Å². The first-order valence-corrected chi connectivity index (χ1v) is 11.4. The molecule has 2 aromatic carbocycles. The minimum Gasteiger partial charge on any atom is -0.494 e. The van der Waals surface area contributed by atoms with Crippen molar-refractivity contribution in [3.8, 4) is 11.4 Å². The van der Waals surface area contributed by atoms with Crippen molar-refractivity contribution < 1.29 is 14.3 Å². The second-order valence-corrected chi connectivity index (χ2v) is 8.93. The summed E-state index contributed by atoms with van der Waals surface area (Å²) in [7, 11) is 1.62. The van der Waals surface area contributed by atoms with Gasteiger partial charge in [-0.2, -0.15) is 5.10 Å². The third kappa shape index (κ3) is 4.77. The van der Waals surface area contributed by atoms with E-state index in [2.05, 4.69) is 10.4 Å². The maximum absolute atomic E-state index is 13.4. The van der Waals surface area contributed by atoms with E-state index in [9.17, 15) is 9.59 Å². The van der Waals surface area contributed by atoms with Gasteiger partial charge in [-0.25, -0.2) is 4.68 Å². The van der Waals surface area contributed by atoms with Gasteiger partial charge in [0.25, 0.3) is 11.8 Å². The van der Waals surface area contributed by atoms with Crippen molar-refractivity contribution in [2.45, 2.75) is 51.2 Å². The summed E-state index contributed by atoms with van der Waals surface area (Å²) in [4.78, 5) is 27.5. The van der Waals surface area contributed by atoms with Gasteiger partial charge < -0.3 is 15.0 Å². The molecule has 170 valence electrons. The van der Waals surface area contributed by atoms with E-state index in [-0.39, 0.29) is 17.9 Å². The Kier molecular flexibility index (Phi) is 5.62. The minimum atomic E-state index is -0.0848. The van der Waals surface area contributed by atoms with Crippen molar-refractivity contribution in [3.05, 3.63) is 77.1 Å². The standard InChI is InChI=1S/C26H28N4O3/c1-17-3-12-24(33-2)23(15-17)30-14-13-22(28-30)26(32)29(21-10-11-21)16-18-4-6-19(7-5-18)25(31)27-20-8-9-20/h3-7,12-15,20-21H,8-11,16H2,1-2H3,(H,27,31). The van der Waals surface area contributed by atoms with E-state index in [4.69, 9.17) is 4.74 Å². The number of hydrogen-bond acceptors (Lipinski definition) is 4. The lowest BCUT2D eigenvalue weighted by molar-refractivity contribution is 0.0723. The fraction of sp³-hybridized carbons (Fsp3) is 0.346. The van der Waals surface area contributed by atoms with Crippen LogP contribution in [0.5, 0.6) is 5.75 Å². The molecule has 2 aliphatic carbocycles. The quantitative estimate of drug-likeness (QED) is 0.572. The highest BCUT2D eigenvalue weighted by Gasteiger charge is 2.34. The van der Waals surface area contributed by atoms with Gasteiger partial charge in [0.05, 0.1) is 7.11 Å². The zero-order chi connectivity index (χ0) is 22.9. The molecule has 2 aliphatic rings. The Morgan fingerprint density at radius 3 is 2.52 bits per heavy atom. The number of hydrogen-bond donors (Lipinski definition) is 1. The highest BCUT2D eigenvalue weighted by molar-refractivity contribution is 5.94. The molecule has 33 heavy (non-hydrogen) atoms. The van der Waals surface area contributed by atoms with E-state index in [1.807, 2.05) is 54.3 Å². The first-order chi connectivity index (χ1) is 16.0. The summed E-state index contributed by atoms with van der Waals surface area (Å²) in [6.07, 6.45) is 5.92. The molecule has 1 N–H and O–H groups in total. The maximum Gasteiger partial charge on any atom is 0.274 e. The highest BCUT2D eigenvalue weighted by atomic mass is 16.5. The summed E-state index contributed by atoms with van der Waals surface area (Å²) in [6.45, 7) is 2.50. The number of rotatable bonds is 8. The summed E-state index contributed by atoms with van der Waals surface area (Å²) in [5.74, 6) is 0.585. The van der Waals surface area contributed by atoms with Crippen LogP contribution >= 0.6 is 0 Å². The SMILES string of the molecule is COc1ccc(C)cc1-n1ccc(C(=O)N(Cc2ccc(C(=O)NC3CC3)cc2)C2CC2)n1. The highest BCUT2D eigenvalue weighted by Crippen LogP contribution is 2.30. The first-order valence-electron chi connectivity index (χ1n) is 11.4. The lowest BCUT2D eigenvalue weighted by Gasteiger charge is -2.21. The lowest BCUT2D eigenvalue weighted by Crippen LogP contribution is -2.33. The van der Waals surface area contributed by atoms with E-state index < -0.39 is 0 Å². The number of ether oxygens (including phenoxy) is 1. The van der Waals surface area contributed by atoms with Crippen LogP contribution in [-0.2, 0) is 6.54 Å². The van der Waals surface area contributed by atoms with Gasteiger partial charge in [-0.15, -0.1) is 0 Å². The molecule has 0 aliphatic heterocycles. The summed E-state index contributed by atoms with van der Waals surface area (Å²) < 4.78 is 7.16. The molecular weight excluding hydrogens is 416 g/mol. The van der Waals surface area contributed by atoms with Gasteiger partial charge in [0.1, 0.15) is 11.4 Å². The van der Waals surface area contributed by atoms with Gasteiger partial charge in [-0.3, -0.25) is 9.59 Å². The summed E-state index contributed by atoms with van der Waals surface area (Å²) in [5, 5.41) is 7.57. The predicted octanol–water partition coefficient (Wildman–Crippen LogP) is 3.89. The Labute approximate surface area is 193 Å². The van der Waals surface area contributed by atoms with Gasteiger partial charge in [0.15, 0.2) is 5.69 Å². The number of methoxy groups -OCH3 is 1. The smallest absolute Gasteiger partial charge is 0.274 e. The molecule has 0 unspecified atom stereocenters. The number of aromatic nitrogens is 2. The fourth-order valence-electron chi connectivity index (χ4n) is 3.91. The lowest BCUT2D eigenvalue weighted by atomic mass is 10.1. The Morgan fingerprint density at radius 2 is 1.85 bits per heavy atom. The molecule has 0 saturated heterocycles. The van der Waals surface area contributed by atoms with Crippen LogP contribution in [0.15, 0.2) is 54.7 Å². The third-order valence-corrected chi connectivity index (χ3v) is 6.12. The molecule has 7 nitrogen and oxygen atoms in total. The second-order valence-electron chi connectivity index (χ2n) is 8.93. The van der Waals surface area contributed by atoms with Crippen LogP contribution < -0.4 is 10.1 Å². The minimum absolute atomic E-state index is 0.0312. The average molecular weight is 445 g/mol. The Hall–Kier alpha value is -3.61. The van der Waals surface area contributed by atoms with Gasteiger partial charge in [0.2, 0.25) is 0 Å². The van der Waals surface area contributed by atoms with Gasteiger partial charge in [0, 0.05) is 30.4 Å². The van der Waals surface area contributed by atoms with Crippen LogP contribution in [0.4, 0.5) is 0 Å². The second kappa shape index (κ2) is 8.73. The average Bonchev–Trinajstić information content (AvgIpc) is 3.76. The number of carbonyl (C=O) groups excluding carboxylic acids is 2. The molecule has 1 heterocycles. The molecule has 2 amide bonds. The largest absolute Gasteiger partial charge is 0.494 e. The van der Waals surface area contributed by atoms with Crippen LogP contribution in [-0.4, -0.2) is 45.7 Å². The van der Waals surface area contributed by atoms with Crippen LogP contribution in [0.25, 0.3) is 5.69 Å². The molecule has 2 saturated carbocycles. The van der Waals surface area contributed by atoms with E-state index in [0.717, 1.165) is 42.5 Å². The summed E-state index contributed by atoms with van der Waals surface area (Å²) >= 11 is 0. The van der Waals surface area contributed by atoms with E-state index in [0.29, 0.717) is 29.6 Å². The van der Waals surface area contributed by atoms with Crippen molar-refractivity contribution in [3.63, 3.8) is 0 Å². The number of carbonyl (C=O) groups is 2. The Morgan fingerprint density at radius 1 is 1.09 bits per heavy atom. The van der Waals surface area contributed by atoms with Crippen molar-refractivity contribution in [2.24, 2.45) is 0 Å². The monoisotopic (exact) mass is 444 g/mol. The number of benzene rings is 2. The number of aryl methyl sites for hydroxylation is 1. The Bertz CT molecular complexity index is 1180. The number of amides is 2. The van der Waals surface area contributed by atoms with Crippen molar-refractivity contribution >= 4 is 11.8 Å². The molecule has 3 aromatic rings. The van der Waals surface area contributed by atoms with Crippen molar-refractivity contribution in [1.29, 1.82) is 0 Å². The van der Waals surface area contributed by atoms with Gasteiger partial charge >= 0.3 is 0 Å². The number of nitrogens with one attached hydrogen (secondary N) is 1. The molecule has 0 spiro atoms. The van der Waals surface area contributed by atoms with Crippen molar-refractivity contribution in [1.82, 2.24) is 20.0 Å². The van der Waals surface area contributed by atoms with Crippen LogP contribution in [0.1, 0.15) is 57.7 Å². The predicted molar refractivity (Wildman–Crippen MR) is 125 cm³/mol. The molecule has 0 bridgehead atoms. The third-order valence-electron chi connectivity index (χ3n) is 6.12. The van der Waals surface area contributed by atoms with E-state index >= 15 is 0 Å². The van der Waals surface area contributed by atoms with E-state index in [1.54, 1.807) is 24.1 Å². The number of nitrogens with zero attached hydrogens (tertiary/aromatic N) is 3. The van der Waals surface area contributed by atoms with Crippen LogP contribution in [0.2, 0.25) is 0 Å². The van der Waals surface area contributed by atoms with Crippen LogP contribution in [0, 0.1) is 6.92 Å². The normalized spacial score (nSPS) is 15.2. The topological polar surface area (TPSA) is 76.5 Å². The Balaban J connectivity index is 1.32. The zero-order valence-electron chi connectivity index (χ0n) is 19.0. The fourth-order valence-corrected chi connectivity index (χ4v) is 3.91. The molecular formula is C26H28N4O3. The van der Waals surface area contributed by atoms with Gasteiger partial charge in [-0.1, -0.05) is 18.2 Å². The molecule has 1 aromatic heterocycles. The molecule has 5 rings (SSSR count). The van der Waals surface area contributed by atoms with Gasteiger partial charge in [-0.05, 0) is 74.1 Å². The first kappa shape index (κ1) is 21.2. The summed E-state index contributed by atoms with van der Waals surface area (Å²) in [6, 6.07) is 15.7. The molecule has 0 atom stereocenters. The molecule has 0 radical (unpaired) electrons. The zero-order valence-corrected chi connectivity index (χ0v) is 19.0. The van der Waals surface area contributed by atoms with Crippen LogP contribution in [0.3, 0.4) is 0 Å². The maximum atomic E-state index is 13.4. The molecule has 2 fully saturated rings. The molecule has 7 heteroatoms. The summed E-state index contributed by atoms with van der Waals surface area (Å²) in [5.41, 5.74) is 3.95.